The SMILES string of the molecule is Cn1c(Cn2cccn2)nnc1C1CCN(C(=O)Cn2ccnn2)CC1. The molecule has 4 heterocycles. The lowest BCUT2D eigenvalue weighted by Gasteiger charge is -2.31. The van der Waals surface area contributed by atoms with Crippen molar-refractivity contribution in [1.29, 1.82) is 0 Å². The summed E-state index contributed by atoms with van der Waals surface area (Å²) >= 11 is 0. The zero-order valence-electron chi connectivity index (χ0n) is 14.6. The normalized spacial score (nSPS) is 15.5. The zero-order valence-corrected chi connectivity index (χ0v) is 14.6. The van der Waals surface area contributed by atoms with Crippen LogP contribution in [0.4, 0.5) is 0 Å². The number of piperidine rings is 1. The molecule has 1 amide bonds. The number of hydrogen-bond acceptors (Lipinski definition) is 6. The molecular weight excluding hydrogens is 334 g/mol. The van der Waals surface area contributed by atoms with Gasteiger partial charge < -0.3 is 9.47 Å². The molecule has 0 atom stereocenters. The predicted molar refractivity (Wildman–Crippen MR) is 90.9 cm³/mol. The van der Waals surface area contributed by atoms with E-state index < -0.39 is 0 Å². The summed E-state index contributed by atoms with van der Waals surface area (Å²) < 4.78 is 5.44. The molecule has 1 saturated heterocycles. The third-order valence-electron chi connectivity index (χ3n) is 4.84. The average Bonchev–Trinajstić information content (AvgIpc) is 3.40. The molecule has 1 aliphatic rings. The van der Waals surface area contributed by atoms with E-state index in [2.05, 4.69) is 30.2 Å². The number of likely N-dealkylation sites (tertiary alicyclic amines) is 1. The van der Waals surface area contributed by atoms with Gasteiger partial charge in [-0.3, -0.25) is 9.48 Å². The largest absolute Gasteiger partial charge is 0.341 e. The van der Waals surface area contributed by atoms with Gasteiger partial charge in [-0.2, -0.15) is 5.10 Å². The van der Waals surface area contributed by atoms with E-state index in [1.807, 2.05) is 28.9 Å². The van der Waals surface area contributed by atoms with Gasteiger partial charge in [0, 0.05) is 44.6 Å². The minimum absolute atomic E-state index is 0.0753. The first-order valence-corrected chi connectivity index (χ1v) is 8.68. The molecule has 0 aliphatic carbocycles. The molecule has 10 nitrogen and oxygen atoms in total. The summed E-state index contributed by atoms with van der Waals surface area (Å²) in [4.78, 5) is 14.2. The monoisotopic (exact) mass is 355 g/mol. The van der Waals surface area contributed by atoms with Crippen LogP contribution in [0.5, 0.6) is 0 Å². The first-order valence-electron chi connectivity index (χ1n) is 8.68. The summed E-state index contributed by atoms with van der Waals surface area (Å²) in [6, 6.07) is 1.89. The topological polar surface area (TPSA) is 99.6 Å². The van der Waals surface area contributed by atoms with Gasteiger partial charge in [-0.05, 0) is 18.9 Å². The molecule has 0 radical (unpaired) electrons. The number of hydrogen-bond donors (Lipinski definition) is 0. The third-order valence-corrected chi connectivity index (χ3v) is 4.84. The number of nitrogens with zero attached hydrogens (tertiary/aromatic N) is 9. The highest BCUT2D eigenvalue weighted by Crippen LogP contribution is 2.27. The molecule has 4 rings (SSSR count). The van der Waals surface area contributed by atoms with Crippen LogP contribution in [0.3, 0.4) is 0 Å². The van der Waals surface area contributed by atoms with E-state index in [4.69, 9.17) is 0 Å². The maximum Gasteiger partial charge on any atom is 0.244 e. The van der Waals surface area contributed by atoms with Crippen LogP contribution in [0, 0.1) is 0 Å². The summed E-state index contributed by atoms with van der Waals surface area (Å²) in [7, 11) is 2.00. The van der Waals surface area contributed by atoms with Crippen LogP contribution < -0.4 is 0 Å². The molecule has 1 fully saturated rings. The van der Waals surface area contributed by atoms with Gasteiger partial charge in [-0.15, -0.1) is 15.3 Å². The lowest BCUT2D eigenvalue weighted by Crippen LogP contribution is -2.40. The van der Waals surface area contributed by atoms with E-state index in [0.29, 0.717) is 12.5 Å². The Morgan fingerprint density at radius 2 is 2.00 bits per heavy atom. The Bertz CT molecular complexity index is 845. The molecule has 3 aromatic heterocycles. The van der Waals surface area contributed by atoms with Crippen molar-refractivity contribution in [2.75, 3.05) is 13.1 Å². The number of carbonyl (C=O) groups excluding carboxylic acids is 1. The molecule has 10 heteroatoms. The van der Waals surface area contributed by atoms with E-state index in [0.717, 1.165) is 37.6 Å². The Morgan fingerprint density at radius 3 is 2.69 bits per heavy atom. The molecule has 136 valence electrons. The van der Waals surface area contributed by atoms with Gasteiger partial charge in [0.15, 0.2) is 5.82 Å². The fraction of sp³-hybridized carbons (Fsp3) is 0.500. The van der Waals surface area contributed by atoms with Crippen molar-refractivity contribution in [2.24, 2.45) is 7.05 Å². The molecular formula is C16H21N9O. The van der Waals surface area contributed by atoms with Crippen LogP contribution in [0.1, 0.15) is 30.4 Å². The molecule has 3 aromatic rings. The Hall–Kier alpha value is -3.04. The quantitative estimate of drug-likeness (QED) is 0.641. The summed E-state index contributed by atoms with van der Waals surface area (Å²) in [5.74, 6) is 2.25. The van der Waals surface area contributed by atoms with Crippen molar-refractivity contribution in [2.45, 2.75) is 31.8 Å². The Labute approximate surface area is 150 Å². The van der Waals surface area contributed by atoms with Crippen LogP contribution >= 0.6 is 0 Å². The van der Waals surface area contributed by atoms with Gasteiger partial charge in [0.1, 0.15) is 18.9 Å². The molecule has 0 saturated carbocycles. The summed E-state index contributed by atoms with van der Waals surface area (Å²) in [5.41, 5.74) is 0. The highest BCUT2D eigenvalue weighted by atomic mass is 16.2. The maximum atomic E-state index is 12.4. The van der Waals surface area contributed by atoms with Crippen molar-refractivity contribution in [3.8, 4) is 0 Å². The molecule has 0 N–H and O–H groups in total. The second kappa shape index (κ2) is 7.06. The molecule has 0 spiro atoms. The van der Waals surface area contributed by atoms with E-state index in [1.54, 1.807) is 23.3 Å². The smallest absolute Gasteiger partial charge is 0.244 e. The van der Waals surface area contributed by atoms with Crippen LogP contribution in [0.15, 0.2) is 30.9 Å². The minimum atomic E-state index is 0.0753. The molecule has 0 aromatic carbocycles. The van der Waals surface area contributed by atoms with E-state index in [9.17, 15) is 4.79 Å². The predicted octanol–water partition coefficient (Wildman–Crippen LogP) is 0.0576. The fourth-order valence-corrected chi connectivity index (χ4v) is 3.35. The van der Waals surface area contributed by atoms with Gasteiger partial charge in [-0.25, -0.2) is 4.68 Å². The summed E-state index contributed by atoms with van der Waals surface area (Å²) in [6.45, 7) is 2.29. The molecule has 26 heavy (non-hydrogen) atoms. The standard InChI is InChI=1S/C16H21N9O/c1-22-14(11-24-7-2-5-18-24)19-20-16(22)13-3-8-23(9-4-13)15(26)12-25-10-6-17-21-25/h2,5-7,10,13H,3-4,8-9,11-12H2,1H3. The van der Waals surface area contributed by atoms with Gasteiger partial charge in [0.25, 0.3) is 0 Å². The Kier molecular flexibility index (Phi) is 4.46. The van der Waals surface area contributed by atoms with E-state index in [-0.39, 0.29) is 12.5 Å². The molecule has 1 aliphatic heterocycles. The Morgan fingerprint density at radius 1 is 1.15 bits per heavy atom. The van der Waals surface area contributed by atoms with Gasteiger partial charge >= 0.3 is 0 Å². The minimum Gasteiger partial charge on any atom is -0.341 e. The number of rotatable bonds is 5. The third kappa shape index (κ3) is 3.35. The van der Waals surface area contributed by atoms with Gasteiger partial charge in [0.2, 0.25) is 5.91 Å². The zero-order chi connectivity index (χ0) is 17.9. The van der Waals surface area contributed by atoms with Crippen molar-refractivity contribution >= 4 is 5.91 Å². The lowest BCUT2D eigenvalue weighted by molar-refractivity contribution is -0.133. The van der Waals surface area contributed by atoms with E-state index >= 15 is 0 Å². The lowest BCUT2D eigenvalue weighted by atomic mass is 9.96. The highest BCUT2D eigenvalue weighted by Gasteiger charge is 2.27. The van der Waals surface area contributed by atoms with Crippen molar-refractivity contribution in [3.05, 3.63) is 42.5 Å². The first kappa shape index (κ1) is 16.4. The van der Waals surface area contributed by atoms with E-state index in [1.165, 1.54) is 0 Å². The van der Waals surface area contributed by atoms with Crippen molar-refractivity contribution in [1.82, 2.24) is 44.4 Å². The van der Waals surface area contributed by atoms with Crippen LogP contribution in [0.2, 0.25) is 0 Å². The average molecular weight is 355 g/mol. The van der Waals surface area contributed by atoms with Crippen molar-refractivity contribution in [3.63, 3.8) is 0 Å². The van der Waals surface area contributed by atoms with Crippen LogP contribution in [-0.4, -0.2) is 63.4 Å². The number of amides is 1. The van der Waals surface area contributed by atoms with Gasteiger partial charge in [-0.1, -0.05) is 5.21 Å². The fourth-order valence-electron chi connectivity index (χ4n) is 3.35. The van der Waals surface area contributed by atoms with Crippen molar-refractivity contribution < 1.29 is 4.79 Å². The number of aromatic nitrogens is 8. The summed E-state index contributed by atoms with van der Waals surface area (Å²) in [6.07, 6.45) is 8.71. The maximum absolute atomic E-state index is 12.4. The second-order valence-electron chi connectivity index (χ2n) is 6.49. The summed E-state index contributed by atoms with van der Waals surface area (Å²) in [5, 5.41) is 20.5. The number of carbonyl (C=O) groups is 1. The Balaban J connectivity index is 1.36. The highest BCUT2D eigenvalue weighted by molar-refractivity contribution is 5.76. The van der Waals surface area contributed by atoms with Crippen LogP contribution in [-0.2, 0) is 24.9 Å². The second-order valence-corrected chi connectivity index (χ2v) is 6.49. The van der Waals surface area contributed by atoms with Gasteiger partial charge in [0.05, 0.1) is 6.20 Å². The van der Waals surface area contributed by atoms with Crippen LogP contribution in [0.25, 0.3) is 0 Å². The first-order chi connectivity index (χ1) is 12.7. The molecule has 0 bridgehead atoms. The molecule has 0 unspecified atom stereocenters.